The van der Waals surface area contributed by atoms with Gasteiger partial charge < -0.3 is 15.5 Å². The number of fused-ring (bicyclic) bond motifs is 1. The molecule has 0 spiro atoms. The van der Waals surface area contributed by atoms with E-state index < -0.39 is 47.0 Å². The van der Waals surface area contributed by atoms with Crippen LogP contribution in [-0.4, -0.2) is 67.8 Å². The van der Waals surface area contributed by atoms with Gasteiger partial charge in [-0.15, -0.1) is 0 Å². The zero-order valence-corrected chi connectivity index (χ0v) is 21.6. The number of hydrogen-bond donors (Lipinski definition) is 2. The molecule has 0 bridgehead atoms. The average Bonchev–Trinajstić information content (AvgIpc) is 3.31. The fraction of sp³-hybridized carbons (Fsp3) is 0.423. The van der Waals surface area contributed by atoms with Gasteiger partial charge in [0.2, 0.25) is 15.9 Å². The molecule has 4 rings (SSSR count). The first-order valence-electron chi connectivity index (χ1n) is 12.3. The van der Waals surface area contributed by atoms with Gasteiger partial charge in [-0.05, 0) is 53.1 Å². The number of carbonyl (C=O) groups is 1. The monoisotopic (exact) mass is 573 g/mol. The normalized spacial score (nSPS) is 16.1. The van der Waals surface area contributed by atoms with Crippen molar-refractivity contribution in [2.24, 2.45) is 5.73 Å². The second-order valence-corrected chi connectivity index (χ2v) is 11.6. The number of aromatic nitrogens is 1. The Kier molecular flexibility index (Phi) is 8.33. The molecular weight excluding hydrogens is 545 g/mol. The summed E-state index contributed by atoms with van der Waals surface area (Å²) in [6.45, 7) is -2.39. The molecule has 2 heterocycles. The SMILES string of the molecule is NC(=O)Cc1cc(-c2ccccc2)cc2c(C3CCN(S(=O)(=O)CCOCC(F)(F)C(F)(F)F)CC3)c[nH]c12. The largest absolute Gasteiger partial charge is 0.455 e. The fourth-order valence-electron chi connectivity index (χ4n) is 4.81. The van der Waals surface area contributed by atoms with E-state index in [9.17, 15) is 35.2 Å². The van der Waals surface area contributed by atoms with Crippen LogP contribution in [0, 0.1) is 0 Å². The van der Waals surface area contributed by atoms with Gasteiger partial charge in [-0.2, -0.15) is 22.0 Å². The van der Waals surface area contributed by atoms with Gasteiger partial charge in [0.1, 0.15) is 6.61 Å². The summed E-state index contributed by atoms with van der Waals surface area (Å²) >= 11 is 0. The zero-order chi connectivity index (χ0) is 28.4. The van der Waals surface area contributed by atoms with Crippen LogP contribution in [0.5, 0.6) is 0 Å². The number of nitrogens with zero attached hydrogens (tertiary/aromatic N) is 1. The number of carbonyl (C=O) groups excluding carboxylic acids is 1. The standard InChI is InChI=1S/C26H28F5N3O4S/c27-25(28,26(29,30)31)16-38-10-11-39(36,37)34-8-6-18(7-9-34)22-15-33-24-20(14-23(32)35)12-19(13-21(22)24)17-4-2-1-3-5-17/h1-5,12-13,15,18,33H,6-11,14,16H2,(H2,32,35). The minimum atomic E-state index is -5.77. The summed E-state index contributed by atoms with van der Waals surface area (Å²) in [6, 6.07) is 13.6. The summed E-state index contributed by atoms with van der Waals surface area (Å²) in [4.78, 5) is 15.0. The first-order valence-corrected chi connectivity index (χ1v) is 13.9. The highest BCUT2D eigenvalue weighted by Crippen LogP contribution is 2.38. The summed E-state index contributed by atoms with van der Waals surface area (Å²) in [5.41, 5.74) is 9.87. The number of rotatable bonds is 10. The van der Waals surface area contributed by atoms with Crippen molar-refractivity contribution in [1.29, 1.82) is 0 Å². The number of ether oxygens (including phenoxy) is 1. The molecule has 1 fully saturated rings. The van der Waals surface area contributed by atoms with Crippen LogP contribution in [0.15, 0.2) is 48.7 Å². The number of halogens is 5. The molecule has 0 radical (unpaired) electrons. The summed E-state index contributed by atoms with van der Waals surface area (Å²) in [6.07, 6.45) is -2.92. The van der Waals surface area contributed by atoms with E-state index in [4.69, 9.17) is 5.73 Å². The van der Waals surface area contributed by atoms with Gasteiger partial charge in [0.05, 0.1) is 18.8 Å². The Bertz CT molecular complexity index is 1420. The summed E-state index contributed by atoms with van der Waals surface area (Å²) in [7, 11) is -3.91. The topological polar surface area (TPSA) is 105 Å². The Morgan fingerprint density at radius 3 is 2.33 bits per heavy atom. The van der Waals surface area contributed by atoms with Crippen LogP contribution in [0.3, 0.4) is 0 Å². The van der Waals surface area contributed by atoms with Crippen LogP contribution in [0.1, 0.15) is 29.9 Å². The predicted octanol–water partition coefficient (Wildman–Crippen LogP) is 4.59. The van der Waals surface area contributed by atoms with Crippen molar-refractivity contribution in [2.75, 3.05) is 32.1 Å². The van der Waals surface area contributed by atoms with Crippen molar-refractivity contribution in [3.8, 4) is 11.1 Å². The molecule has 39 heavy (non-hydrogen) atoms. The number of sulfonamides is 1. The summed E-state index contributed by atoms with van der Waals surface area (Å²) in [5.74, 6) is -6.22. The number of H-pyrrole nitrogens is 1. The highest BCUT2D eigenvalue weighted by atomic mass is 32.2. The van der Waals surface area contributed by atoms with Crippen LogP contribution < -0.4 is 5.73 Å². The first kappa shape index (κ1) is 29.0. The predicted molar refractivity (Wildman–Crippen MR) is 136 cm³/mol. The molecule has 1 saturated heterocycles. The van der Waals surface area contributed by atoms with E-state index in [1.807, 2.05) is 48.7 Å². The van der Waals surface area contributed by atoms with E-state index in [1.165, 1.54) is 4.31 Å². The number of nitrogens with two attached hydrogens (primary N) is 1. The van der Waals surface area contributed by atoms with E-state index in [2.05, 4.69) is 9.72 Å². The molecule has 3 N–H and O–H groups in total. The molecule has 0 saturated carbocycles. The van der Waals surface area contributed by atoms with E-state index in [-0.39, 0.29) is 25.4 Å². The number of amides is 1. The Morgan fingerprint density at radius 1 is 1.05 bits per heavy atom. The maximum atomic E-state index is 13.0. The van der Waals surface area contributed by atoms with Crippen LogP contribution >= 0.6 is 0 Å². The molecule has 7 nitrogen and oxygen atoms in total. The maximum absolute atomic E-state index is 13.0. The Morgan fingerprint density at radius 2 is 1.72 bits per heavy atom. The smallest absolute Gasteiger partial charge is 0.374 e. The molecule has 1 aromatic heterocycles. The third-order valence-corrected chi connectivity index (χ3v) is 8.68. The molecular formula is C26H28F5N3O4S. The van der Waals surface area contributed by atoms with E-state index >= 15 is 0 Å². The Hall–Kier alpha value is -3.03. The fourth-order valence-corrected chi connectivity index (χ4v) is 6.16. The molecule has 2 aromatic carbocycles. The molecule has 1 aliphatic heterocycles. The van der Waals surface area contributed by atoms with E-state index in [0.717, 1.165) is 33.2 Å². The number of nitrogens with one attached hydrogen (secondary N) is 1. The second-order valence-electron chi connectivity index (χ2n) is 9.56. The van der Waals surface area contributed by atoms with Crippen LogP contribution in [0.2, 0.25) is 0 Å². The maximum Gasteiger partial charge on any atom is 0.455 e. The Balaban J connectivity index is 1.45. The number of hydrogen-bond acceptors (Lipinski definition) is 4. The van der Waals surface area contributed by atoms with Gasteiger partial charge in [-0.1, -0.05) is 30.3 Å². The number of piperidine rings is 1. The van der Waals surface area contributed by atoms with Crippen molar-refractivity contribution >= 4 is 26.8 Å². The van der Waals surface area contributed by atoms with Crippen LogP contribution in [0.25, 0.3) is 22.0 Å². The molecule has 3 aromatic rings. The quantitative estimate of drug-likeness (QED) is 0.274. The molecule has 1 amide bonds. The number of alkyl halides is 5. The number of aromatic amines is 1. The summed E-state index contributed by atoms with van der Waals surface area (Å²) < 4.78 is 93.5. The lowest BCUT2D eigenvalue weighted by Crippen LogP contribution is -2.42. The molecule has 212 valence electrons. The molecule has 13 heteroatoms. The molecule has 1 aliphatic rings. The lowest BCUT2D eigenvalue weighted by atomic mass is 9.88. The van der Waals surface area contributed by atoms with Crippen LogP contribution in [-0.2, 0) is 26.0 Å². The summed E-state index contributed by atoms with van der Waals surface area (Å²) in [5, 5.41) is 0.910. The van der Waals surface area contributed by atoms with Crippen molar-refractivity contribution in [3.05, 3.63) is 59.8 Å². The molecule has 0 atom stereocenters. The molecule has 0 unspecified atom stereocenters. The van der Waals surface area contributed by atoms with Crippen molar-refractivity contribution in [3.63, 3.8) is 0 Å². The first-order chi connectivity index (χ1) is 18.3. The minimum Gasteiger partial charge on any atom is -0.374 e. The number of primary amides is 1. The third-order valence-electron chi connectivity index (χ3n) is 6.85. The van der Waals surface area contributed by atoms with Crippen LogP contribution in [0.4, 0.5) is 22.0 Å². The lowest BCUT2D eigenvalue weighted by molar-refractivity contribution is -0.296. The van der Waals surface area contributed by atoms with Gasteiger partial charge in [0.15, 0.2) is 0 Å². The van der Waals surface area contributed by atoms with E-state index in [1.54, 1.807) is 0 Å². The van der Waals surface area contributed by atoms with Gasteiger partial charge >= 0.3 is 12.1 Å². The third kappa shape index (κ3) is 6.59. The highest BCUT2D eigenvalue weighted by Gasteiger charge is 2.57. The number of benzene rings is 2. The van der Waals surface area contributed by atoms with Crippen molar-refractivity contribution in [2.45, 2.75) is 37.3 Å². The average molecular weight is 574 g/mol. The minimum absolute atomic E-state index is 0.000575. The van der Waals surface area contributed by atoms with Gasteiger partial charge in [0.25, 0.3) is 0 Å². The Labute approximate surface area is 222 Å². The second kappa shape index (κ2) is 11.2. The van der Waals surface area contributed by atoms with Gasteiger partial charge in [0, 0.05) is 30.2 Å². The van der Waals surface area contributed by atoms with Crippen molar-refractivity contribution < 1.29 is 39.9 Å². The zero-order valence-electron chi connectivity index (χ0n) is 20.8. The lowest BCUT2D eigenvalue weighted by Gasteiger charge is -2.31. The molecule has 0 aliphatic carbocycles. The van der Waals surface area contributed by atoms with Gasteiger partial charge in [-0.3, -0.25) is 4.79 Å². The van der Waals surface area contributed by atoms with Crippen molar-refractivity contribution in [1.82, 2.24) is 9.29 Å². The van der Waals surface area contributed by atoms with Gasteiger partial charge in [-0.25, -0.2) is 12.7 Å². The highest BCUT2D eigenvalue weighted by molar-refractivity contribution is 7.89. The van der Waals surface area contributed by atoms with E-state index in [0.29, 0.717) is 12.8 Å².